The molecular weight excluding hydrogens is 379 g/mol. The first kappa shape index (κ1) is 18.8. The van der Waals surface area contributed by atoms with E-state index in [9.17, 15) is 9.18 Å². The Labute approximate surface area is 166 Å². The van der Waals surface area contributed by atoms with Crippen LogP contribution in [0.15, 0.2) is 42.5 Å². The van der Waals surface area contributed by atoms with Gasteiger partial charge in [-0.2, -0.15) is 0 Å². The van der Waals surface area contributed by atoms with Crippen LogP contribution in [0.4, 0.5) is 9.52 Å². The molecule has 1 saturated heterocycles. The minimum atomic E-state index is -0.375. The molecule has 28 heavy (non-hydrogen) atoms. The number of anilines is 1. The first-order valence-corrected chi connectivity index (χ1v) is 10.1. The highest BCUT2D eigenvalue weighted by Crippen LogP contribution is 2.31. The number of methoxy groups -OCH3 is 1. The van der Waals surface area contributed by atoms with Gasteiger partial charge >= 0.3 is 0 Å². The molecule has 1 unspecified atom stereocenters. The van der Waals surface area contributed by atoms with Crippen LogP contribution >= 0.6 is 11.3 Å². The first-order chi connectivity index (χ1) is 13.6. The van der Waals surface area contributed by atoms with Crippen LogP contribution in [0.1, 0.15) is 18.4 Å². The number of carbonyl (C=O) groups is 1. The van der Waals surface area contributed by atoms with Gasteiger partial charge in [0.1, 0.15) is 17.1 Å². The molecule has 5 nitrogen and oxygen atoms in total. The number of hydrogen-bond acceptors (Lipinski definition) is 5. The molecule has 0 radical (unpaired) electrons. The number of nitrogens with zero attached hydrogens (tertiary/aromatic N) is 2. The standard InChI is InChI=1S/C21H21FN2O3S/c1-26-15-9-7-14(8-10-15)12-19(25)24(13-16-4-3-11-27-16)21-23-20-17(22)5-2-6-18(20)28-21/h2,5-10,16H,3-4,11-13H2,1H3. The van der Waals surface area contributed by atoms with Crippen LogP contribution < -0.4 is 9.64 Å². The Morgan fingerprint density at radius 2 is 2.14 bits per heavy atom. The Kier molecular flexibility index (Phi) is 5.54. The number of hydrogen-bond donors (Lipinski definition) is 0. The van der Waals surface area contributed by atoms with Gasteiger partial charge in [0.15, 0.2) is 5.13 Å². The summed E-state index contributed by atoms with van der Waals surface area (Å²) in [6.07, 6.45) is 2.11. The lowest BCUT2D eigenvalue weighted by Gasteiger charge is -2.23. The number of benzene rings is 2. The lowest BCUT2D eigenvalue weighted by Crippen LogP contribution is -2.38. The molecule has 7 heteroatoms. The smallest absolute Gasteiger partial charge is 0.233 e. The maximum absolute atomic E-state index is 14.1. The van der Waals surface area contributed by atoms with Crippen molar-refractivity contribution in [3.05, 3.63) is 53.8 Å². The van der Waals surface area contributed by atoms with Crippen molar-refractivity contribution in [2.75, 3.05) is 25.2 Å². The number of fused-ring (bicyclic) bond motifs is 1. The summed E-state index contributed by atoms with van der Waals surface area (Å²) >= 11 is 1.33. The summed E-state index contributed by atoms with van der Waals surface area (Å²) < 4.78 is 25.7. The number of amides is 1. The number of halogens is 1. The van der Waals surface area contributed by atoms with Gasteiger partial charge in [-0.3, -0.25) is 9.69 Å². The van der Waals surface area contributed by atoms with E-state index in [4.69, 9.17) is 9.47 Å². The molecule has 0 saturated carbocycles. The molecule has 0 spiro atoms. The number of thiazole rings is 1. The minimum Gasteiger partial charge on any atom is -0.497 e. The maximum atomic E-state index is 14.1. The molecule has 1 fully saturated rings. The van der Waals surface area contributed by atoms with Crippen molar-refractivity contribution in [3.63, 3.8) is 0 Å². The Morgan fingerprint density at radius 3 is 2.82 bits per heavy atom. The molecule has 1 aromatic heterocycles. The second kappa shape index (κ2) is 8.24. The van der Waals surface area contributed by atoms with Crippen molar-refractivity contribution in [1.82, 2.24) is 4.98 Å². The number of rotatable bonds is 6. The van der Waals surface area contributed by atoms with Crippen LogP contribution in [0.3, 0.4) is 0 Å². The highest BCUT2D eigenvalue weighted by Gasteiger charge is 2.26. The van der Waals surface area contributed by atoms with E-state index >= 15 is 0 Å². The lowest BCUT2D eigenvalue weighted by atomic mass is 10.1. The number of carbonyl (C=O) groups excluding carboxylic acids is 1. The predicted molar refractivity (Wildman–Crippen MR) is 108 cm³/mol. The Balaban J connectivity index is 1.61. The molecule has 2 aromatic carbocycles. The average Bonchev–Trinajstić information content (AvgIpc) is 3.37. The van der Waals surface area contributed by atoms with Crippen LogP contribution in [0.2, 0.25) is 0 Å². The zero-order valence-corrected chi connectivity index (χ0v) is 16.4. The third kappa shape index (κ3) is 4.00. The molecule has 4 rings (SSSR count). The topological polar surface area (TPSA) is 51.7 Å². The fourth-order valence-corrected chi connectivity index (χ4v) is 4.32. The summed E-state index contributed by atoms with van der Waals surface area (Å²) in [6.45, 7) is 1.13. The second-order valence-corrected chi connectivity index (χ2v) is 7.76. The van der Waals surface area contributed by atoms with Crippen LogP contribution in [-0.4, -0.2) is 37.3 Å². The van der Waals surface area contributed by atoms with Crippen LogP contribution in [0, 0.1) is 5.82 Å². The average molecular weight is 400 g/mol. The van der Waals surface area contributed by atoms with Gasteiger partial charge in [0.2, 0.25) is 5.91 Å². The van der Waals surface area contributed by atoms with Gasteiger partial charge in [0, 0.05) is 6.61 Å². The molecule has 1 aliphatic heterocycles. The fraction of sp³-hybridized carbons (Fsp3) is 0.333. The molecule has 0 bridgehead atoms. The van der Waals surface area contributed by atoms with Gasteiger partial charge < -0.3 is 9.47 Å². The molecule has 0 aliphatic carbocycles. The van der Waals surface area contributed by atoms with Crippen LogP contribution in [-0.2, 0) is 16.0 Å². The summed E-state index contributed by atoms with van der Waals surface area (Å²) in [5.74, 6) is 0.286. The SMILES string of the molecule is COc1ccc(CC(=O)N(CC2CCCO2)c2nc3c(F)cccc3s2)cc1. The summed E-state index contributed by atoms with van der Waals surface area (Å²) in [6, 6.07) is 12.3. The van der Waals surface area contributed by atoms with Crippen LogP contribution in [0.5, 0.6) is 5.75 Å². The van der Waals surface area contributed by atoms with Gasteiger partial charge in [-0.25, -0.2) is 9.37 Å². The molecule has 1 amide bonds. The molecular formula is C21H21FN2O3S. The van der Waals surface area contributed by atoms with E-state index < -0.39 is 0 Å². The van der Waals surface area contributed by atoms with E-state index in [1.165, 1.54) is 17.4 Å². The summed E-state index contributed by atoms with van der Waals surface area (Å²) in [4.78, 5) is 19.2. The summed E-state index contributed by atoms with van der Waals surface area (Å²) in [5, 5.41) is 0.508. The van der Waals surface area contributed by atoms with Crippen molar-refractivity contribution in [2.45, 2.75) is 25.4 Å². The zero-order valence-electron chi connectivity index (χ0n) is 15.6. The van der Waals surface area contributed by atoms with E-state index in [2.05, 4.69) is 4.98 Å². The molecule has 0 N–H and O–H groups in total. The monoisotopic (exact) mass is 400 g/mol. The van der Waals surface area contributed by atoms with Gasteiger partial charge in [-0.05, 0) is 42.7 Å². The normalized spacial score (nSPS) is 16.4. The summed E-state index contributed by atoms with van der Waals surface area (Å²) in [7, 11) is 1.61. The minimum absolute atomic E-state index is 0.0170. The van der Waals surface area contributed by atoms with Gasteiger partial charge in [-0.15, -0.1) is 0 Å². The van der Waals surface area contributed by atoms with Gasteiger partial charge in [0.05, 0.1) is 30.9 Å². The van der Waals surface area contributed by atoms with Crippen molar-refractivity contribution in [1.29, 1.82) is 0 Å². The fourth-order valence-electron chi connectivity index (χ4n) is 3.31. The molecule has 1 atom stereocenters. The summed E-state index contributed by atoms with van der Waals surface area (Å²) in [5.41, 5.74) is 1.19. The molecule has 3 aromatic rings. The quantitative estimate of drug-likeness (QED) is 0.622. The van der Waals surface area contributed by atoms with E-state index in [1.807, 2.05) is 30.3 Å². The Hall–Kier alpha value is -2.51. The van der Waals surface area contributed by atoms with Gasteiger partial charge in [0.25, 0.3) is 0 Å². The van der Waals surface area contributed by atoms with Gasteiger partial charge in [-0.1, -0.05) is 29.5 Å². The van der Waals surface area contributed by atoms with Crippen molar-refractivity contribution < 1.29 is 18.7 Å². The van der Waals surface area contributed by atoms with Crippen molar-refractivity contribution >= 4 is 32.6 Å². The predicted octanol–water partition coefficient (Wildman–Crippen LogP) is 4.20. The van der Waals surface area contributed by atoms with E-state index in [0.29, 0.717) is 23.8 Å². The highest BCUT2D eigenvalue weighted by atomic mass is 32.1. The largest absolute Gasteiger partial charge is 0.497 e. The molecule has 2 heterocycles. The number of ether oxygens (including phenoxy) is 2. The Bertz CT molecular complexity index is 967. The highest BCUT2D eigenvalue weighted by molar-refractivity contribution is 7.22. The molecule has 146 valence electrons. The van der Waals surface area contributed by atoms with E-state index in [0.717, 1.165) is 28.9 Å². The Morgan fingerprint density at radius 1 is 1.32 bits per heavy atom. The lowest BCUT2D eigenvalue weighted by molar-refractivity contribution is -0.118. The third-order valence-corrected chi connectivity index (χ3v) is 5.86. The van der Waals surface area contributed by atoms with E-state index in [1.54, 1.807) is 18.1 Å². The zero-order chi connectivity index (χ0) is 19.5. The second-order valence-electron chi connectivity index (χ2n) is 6.75. The van der Waals surface area contributed by atoms with Crippen molar-refractivity contribution in [2.24, 2.45) is 0 Å². The molecule has 1 aliphatic rings. The first-order valence-electron chi connectivity index (χ1n) is 9.24. The third-order valence-electron chi connectivity index (χ3n) is 4.82. The van der Waals surface area contributed by atoms with Crippen LogP contribution in [0.25, 0.3) is 10.2 Å². The van der Waals surface area contributed by atoms with E-state index in [-0.39, 0.29) is 24.2 Å². The number of aromatic nitrogens is 1. The number of para-hydroxylation sites is 1. The van der Waals surface area contributed by atoms with Crippen molar-refractivity contribution in [3.8, 4) is 5.75 Å². The maximum Gasteiger partial charge on any atom is 0.233 e.